The van der Waals surface area contributed by atoms with Crippen molar-refractivity contribution < 1.29 is 199 Å². The first-order valence-electron chi connectivity index (χ1n) is 0.871. The fourth-order valence-corrected chi connectivity index (χ4v) is 0. The molecule has 72 valence electrons. The zero-order chi connectivity index (χ0) is 4.71. The monoisotopic (exact) mass is 1870 g/mol. The van der Waals surface area contributed by atoms with Crippen molar-refractivity contribution in [2.45, 2.75) is 6.92 Å². The molecule has 0 aliphatic carbocycles. The molecule has 0 N–H and O–H groups in total. The topological polar surface area (TPSA) is 0 Å². The van der Waals surface area contributed by atoms with E-state index in [1.807, 2.05) is 6.92 Å². The van der Waals surface area contributed by atoms with Crippen LogP contribution < -0.4 is 0 Å². The molecule has 0 amide bonds. The molecule has 0 aliphatic rings. The summed E-state index contributed by atoms with van der Waals surface area (Å²) in [7, 11) is 0. The van der Waals surface area contributed by atoms with Crippen LogP contribution in [0.25, 0.3) is 0 Å². The second kappa shape index (κ2) is 82.9. The van der Waals surface area contributed by atoms with Gasteiger partial charge < -0.3 is 0 Å². The van der Waals surface area contributed by atoms with Gasteiger partial charge in [-0.2, -0.15) is 0 Å². The van der Waals surface area contributed by atoms with Crippen LogP contribution in [-0.2, 0) is 199 Å². The van der Waals surface area contributed by atoms with E-state index in [1.54, 1.807) is 32.4 Å². The molecule has 10 heteroatoms. The Morgan fingerprint density at radius 1 is 0.667 bits per heavy atom. The van der Waals surface area contributed by atoms with Crippen LogP contribution >= 0.6 is 0 Å². The Hall–Kier alpha value is 6.75. The van der Waals surface area contributed by atoms with Crippen molar-refractivity contribution in [3.63, 3.8) is 0 Å². The predicted molar refractivity (Wildman–Crippen MR) is 10.7 cm³/mol. The molecular weight excluding hydrogens is 1860 g/mol. The molecule has 0 aromatic rings. The first kappa shape index (κ1) is 62.1. The third kappa shape index (κ3) is 91.2. The molecule has 0 saturated heterocycles. The number of hydrogen-bond donors (Lipinski definition) is 0. The molecule has 0 rings (SSSR count). The molecule has 0 unspecified atom stereocenters. The summed E-state index contributed by atoms with van der Waals surface area (Å²) >= 11 is 4.75. The van der Waals surface area contributed by atoms with Gasteiger partial charge in [0.25, 0.3) is 0 Å². The summed E-state index contributed by atoms with van der Waals surface area (Å²) in [6.45, 7) is 1.91. The molecule has 0 fully saturated rings. The molecule has 0 atom stereocenters. The number of hydrogen-bond acceptors (Lipinski definition) is 0. The Bertz CT molecular complexity index is 21.8. The third-order valence-electron chi connectivity index (χ3n) is 0. The molecule has 0 bridgehead atoms. The molecule has 0 saturated carbocycles. The van der Waals surface area contributed by atoms with Crippen molar-refractivity contribution in [1.82, 2.24) is 0 Å². The van der Waals surface area contributed by atoms with Crippen LogP contribution in [0.2, 0.25) is 0 Å². The van der Waals surface area contributed by atoms with E-state index in [4.69, 9.17) is 0 Å². The Morgan fingerprint density at radius 3 is 0.667 bits per heavy atom. The fourth-order valence-electron chi connectivity index (χ4n) is 0. The maximum atomic E-state index is 2.83. The van der Waals surface area contributed by atoms with Crippen LogP contribution in [0.3, 0.4) is 0 Å². The van der Waals surface area contributed by atoms with Gasteiger partial charge in [0.1, 0.15) is 0 Å². The summed E-state index contributed by atoms with van der Waals surface area (Å²) in [6, 6.07) is 0. The second-order valence-corrected chi connectivity index (χ2v) is 1.67. The summed E-state index contributed by atoms with van der Waals surface area (Å²) in [5, 5.41) is 0. The van der Waals surface area contributed by atoms with Gasteiger partial charge in [0.2, 0.25) is 0 Å². The zero-order valence-corrected chi connectivity index (χ0v) is 34.9. The van der Waals surface area contributed by atoms with Crippen LogP contribution in [0.5, 0.6) is 0 Å². The van der Waals surface area contributed by atoms with Crippen molar-refractivity contribution in [2.24, 2.45) is 0 Å². The van der Waals surface area contributed by atoms with Gasteiger partial charge in [-0.3, -0.25) is 0 Å². The Labute approximate surface area is 205 Å². The molecule has 0 aromatic heterocycles. The van der Waals surface area contributed by atoms with Gasteiger partial charge in [0.15, 0.2) is 0 Å². The third-order valence-corrected chi connectivity index (χ3v) is 0. The van der Waals surface area contributed by atoms with Crippen LogP contribution in [0.4, 0.5) is 0 Å². The minimum atomic E-state index is 0. The van der Waals surface area contributed by atoms with Crippen LogP contribution in [0, 0.1) is 0 Å². The fraction of sp³-hybridized carbons (Fsp3) is 0.500. The van der Waals surface area contributed by atoms with Gasteiger partial charge in [0.05, 0.1) is 0 Å². The average Bonchev–Trinajstić information content (AvgIpc) is 1.46. The molecule has 0 aliphatic heterocycles. The van der Waals surface area contributed by atoms with Crippen molar-refractivity contribution in [1.29, 1.82) is 0 Å². The van der Waals surface area contributed by atoms with E-state index in [1.165, 1.54) is 19.4 Å². The van der Waals surface area contributed by atoms with Gasteiger partial charge in [0, 0.05) is 147 Å². The van der Waals surface area contributed by atoms with Gasteiger partial charge >= 0.3 is 63.1 Å². The normalized spacial score (nSPS) is 1.42. The Balaban J connectivity index is -0.00000000138. The molecule has 0 spiro atoms. The first-order valence-corrected chi connectivity index (χ1v) is 13.3. The van der Waals surface area contributed by atoms with Gasteiger partial charge in [-0.25, -0.2) is 0 Å². The molecule has 12 heavy (non-hydrogen) atoms. The van der Waals surface area contributed by atoms with E-state index >= 15 is 0 Å². The van der Waals surface area contributed by atoms with Gasteiger partial charge in [-0.15, -0.1) is 0 Å². The second-order valence-electron chi connectivity index (χ2n) is 0.204. The first-order chi connectivity index (χ1) is 2.41. The van der Waals surface area contributed by atoms with Gasteiger partial charge in [-0.05, 0) is 0 Å². The van der Waals surface area contributed by atoms with E-state index in [-0.39, 0.29) is 147 Å². The van der Waals surface area contributed by atoms with E-state index in [2.05, 4.69) is 4.40 Å². The standard InChI is InChI=1S/C2H3.10W/c1-2;;;;;;;;;;/h1H3;;;;;;;;;;/q-1;;;;;;;;;;. The average molecular weight is 1870 g/mol. The molecule has 0 radical (unpaired) electrons. The van der Waals surface area contributed by atoms with Crippen LogP contribution in [0.1, 0.15) is 6.92 Å². The van der Waals surface area contributed by atoms with Crippen LogP contribution in [0.15, 0.2) is 0 Å². The summed E-state index contributed by atoms with van der Waals surface area (Å²) < 4.78 is 2.83. The summed E-state index contributed by atoms with van der Waals surface area (Å²) in [5.74, 6) is 0. The predicted octanol–water partition coefficient (Wildman–Crippen LogP) is 0.210. The molecule has 0 aromatic carbocycles. The Kier molecular flexibility index (Phi) is 429. The van der Waals surface area contributed by atoms with Crippen molar-refractivity contribution >= 4 is 4.40 Å². The van der Waals surface area contributed by atoms with Crippen molar-refractivity contribution in [3.8, 4) is 0 Å². The minimum absolute atomic E-state index is 0. The van der Waals surface area contributed by atoms with E-state index < -0.39 is 0 Å². The zero-order valence-electron chi connectivity index (χ0n) is 5.58. The van der Waals surface area contributed by atoms with Crippen molar-refractivity contribution in [3.05, 3.63) is 0 Å². The quantitative estimate of drug-likeness (QED) is 0.305. The summed E-state index contributed by atoms with van der Waals surface area (Å²) in [4.78, 5) is 0. The molecule has 0 nitrogen and oxygen atoms in total. The van der Waals surface area contributed by atoms with Crippen molar-refractivity contribution in [2.75, 3.05) is 0 Å². The van der Waals surface area contributed by atoms with Crippen LogP contribution in [-0.4, -0.2) is 4.40 Å². The molecular formula is C2H3W10-. The van der Waals surface area contributed by atoms with Gasteiger partial charge in [-0.1, -0.05) is 0 Å². The van der Waals surface area contributed by atoms with E-state index in [9.17, 15) is 0 Å². The summed E-state index contributed by atoms with van der Waals surface area (Å²) in [5.41, 5.74) is 0. The SMILES string of the molecule is C[C-]=[W].[W].[W].[W].[W].[W].[W].[W].[W]=[W]. The summed E-state index contributed by atoms with van der Waals surface area (Å²) in [6.07, 6.45) is 0. The molecule has 0 heterocycles. The number of rotatable bonds is 0. The Morgan fingerprint density at radius 2 is 0.667 bits per heavy atom. The maximum absolute atomic E-state index is 2.83. The van der Waals surface area contributed by atoms with E-state index in [0.717, 1.165) is 0 Å². The van der Waals surface area contributed by atoms with E-state index in [0.29, 0.717) is 0 Å².